The van der Waals surface area contributed by atoms with Gasteiger partial charge < -0.3 is 15.1 Å². The van der Waals surface area contributed by atoms with Gasteiger partial charge in [-0.2, -0.15) is 5.10 Å². The maximum absolute atomic E-state index is 6.12. The van der Waals surface area contributed by atoms with Gasteiger partial charge in [0.15, 0.2) is 5.84 Å². The van der Waals surface area contributed by atoms with Crippen LogP contribution in [-0.2, 0) is 6.42 Å². The Morgan fingerprint density at radius 2 is 1.88 bits per heavy atom. The second-order valence-corrected chi connectivity index (χ2v) is 8.65. The largest absolute Gasteiger partial charge is 0.493 e. The van der Waals surface area contributed by atoms with Gasteiger partial charge in [0.2, 0.25) is 0 Å². The van der Waals surface area contributed by atoms with Gasteiger partial charge in [0, 0.05) is 35.9 Å². The van der Waals surface area contributed by atoms with Crippen LogP contribution in [0, 0.1) is 0 Å². The molecule has 0 radical (unpaired) electrons. The lowest BCUT2D eigenvalue weighted by Gasteiger charge is -2.22. The van der Waals surface area contributed by atoms with Crippen molar-refractivity contribution < 1.29 is 4.74 Å². The van der Waals surface area contributed by atoms with Crippen LogP contribution in [0.2, 0.25) is 0 Å². The van der Waals surface area contributed by atoms with Gasteiger partial charge in [0.05, 0.1) is 23.4 Å². The first-order valence-electron chi connectivity index (χ1n) is 12.3. The highest BCUT2D eigenvalue weighted by molar-refractivity contribution is 6.05. The average molecular weight is 449 g/mol. The molecule has 1 aliphatic rings. The number of nitrogens with zero attached hydrogens (tertiary/aromatic N) is 3. The summed E-state index contributed by atoms with van der Waals surface area (Å²) < 4.78 is 6.12. The lowest BCUT2D eigenvalue weighted by molar-refractivity contribution is 0.309. The maximum Gasteiger partial charge on any atom is 0.151 e. The van der Waals surface area contributed by atoms with Crippen LogP contribution in [-0.4, -0.2) is 35.7 Å². The number of aromatic amines is 1. The number of hydrazine groups is 1. The fraction of sp³-hybridized carbons (Fsp3) is 0.462. The number of nitrogens with two attached hydrogens (primary N) is 1. The summed E-state index contributed by atoms with van der Waals surface area (Å²) in [7, 11) is 0. The number of H-pyrrole nitrogens is 1. The molecular formula is C26H36N6O. The van der Waals surface area contributed by atoms with Crippen LogP contribution in [0.1, 0.15) is 63.6 Å². The lowest BCUT2D eigenvalue weighted by atomic mass is 10.1. The summed E-state index contributed by atoms with van der Waals surface area (Å²) in [5.74, 6) is 7.28. The van der Waals surface area contributed by atoms with Crippen LogP contribution in [0.3, 0.4) is 0 Å². The van der Waals surface area contributed by atoms with E-state index in [-0.39, 0.29) is 0 Å². The minimum absolute atomic E-state index is 0.578. The molecule has 1 saturated heterocycles. The quantitative estimate of drug-likeness (QED) is 0.144. The van der Waals surface area contributed by atoms with Crippen LogP contribution < -0.4 is 20.9 Å². The van der Waals surface area contributed by atoms with Crippen molar-refractivity contribution in [3.63, 3.8) is 0 Å². The molecule has 0 spiro atoms. The Kier molecular flexibility index (Phi) is 7.83. The number of hydrogen-bond donors (Lipinski definition) is 3. The molecule has 0 amide bonds. The van der Waals surface area contributed by atoms with Gasteiger partial charge in [-0.3, -0.25) is 5.10 Å². The first kappa shape index (κ1) is 23.1. The average Bonchev–Trinajstić information content (AvgIpc) is 3.05. The third-order valence-electron chi connectivity index (χ3n) is 6.30. The molecule has 2 aromatic carbocycles. The van der Waals surface area contributed by atoms with E-state index in [2.05, 4.69) is 64.7 Å². The Morgan fingerprint density at radius 3 is 2.55 bits per heavy atom. The van der Waals surface area contributed by atoms with Crippen molar-refractivity contribution in [1.29, 1.82) is 0 Å². The molecule has 0 atom stereocenters. The normalized spacial score (nSPS) is 15.0. The smallest absolute Gasteiger partial charge is 0.151 e. The second kappa shape index (κ2) is 11.2. The first-order chi connectivity index (χ1) is 16.2. The van der Waals surface area contributed by atoms with Crippen LogP contribution in [0.25, 0.3) is 10.9 Å². The number of anilines is 1. The van der Waals surface area contributed by atoms with E-state index < -0.39 is 0 Å². The second-order valence-electron chi connectivity index (χ2n) is 8.65. The van der Waals surface area contributed by atoms with E-state index in [4.69, 9.17) is 15.6 Å². The van der Waals surface area contributed by atoms with Crippen molar-refractivity contribution in [2.45, 2.75) is 58.8 Å². The monoisotopic (exact) mass is 448 g/mol. The number of hydrogen-bond acceptors (Lipinski definition) is 5. The van der Waals surface area contributed by atoms with Crippen molar-refractivity contribution >= 4 is 28.1 Å². The fourth-order valence-electron chi connectivity index (χ4n) is 4.36. The minimum atomic E-state index is 0.578. The predicted octanol–water partition coefficient (Wildman–Crippen LogP) is 5.23. The molecule has 176 valence electrons. The van der Waals surface area contributed by atoms with Gasteiger partial charge in [-0.1, -0.05) is 33.1 Å². The van der Waals surface area contributed by atoms with Gasteiger partial charge in [0.1, 0.15) is 5.75 Å². The summed E-state index contributed by atoms with van der Waals surface area (Å²) in [6.45, 7) is 7.16. The molecule has 4 rings (SSSR count). The number of ether oxygens (including phenoxy) is 1. The van der Waals surface area contributed by atoms with Gasteiger partial charge in [-0.25, -0.2) is 10.8 Å². The molecular weight excluding hydrogens is 412 g/mol. The molecule has 0 saturated carbocycles. The molecule has 0 bridgehead atoms. The Bertz CT molecular complexity index is 1060. The Hall–Kier alpha value is -3.06. The third-order valence-corrected chi connectivity index (χ3v) is 6.30. The van der Waals surface area contributed by atoms with Crippen molar-refractivity contribution in [3.8, 4) is 5.75 Å². The molecule has 1 aliphatic heterocycles. The van der Waals surface area contributed by atoms with Crippen molar-refractivity contribution in [2.24, 2.45) is 10.8 Å². The minimum Gasteiger partial charge on any atom is -0.493 e. The molecule has 2 heterocycles. The summed E-state index contributed by atoms with van der Waals surface area (Å²) >= 11 is 0. The number of aryl methyl sites for hydroxylation is 1. The van der Waals surface area contributed by atoms with Crippen molar-refractivity contribution in [2.75, 3.05) is 24.6 Å². The van der Waals surface area contributed by atoms with Crippen LogP contribution in [0.4, 0.5) is 11.4 Å². The van der Waals surface area contributed by atoms with Gasteiger partial charge in [0.25, 0.3) is 0 Å². The zero-order valence-corrected chi connectivity index (χ0v) is 19.9. The molecule has 4 N–H and O–H groups in total. The van der Waals surface area contributed by atoms with E-state index >= 15 is 0 Å². The SMILES string of the molecule is CCCCOc1cc2n[nH]c(CC)c2cc1C(=Nc1ccc(N2CCCCCC2)cc1)NN. The standard InChI is InChI=1S/C26H36N6O/c1-3-5-16-33-25-18-24-21(23(4-2)30-31-24)17-22(25)26(29-27)28-19-10-12-20(13-11-19)32-14-8-6-7-9-15-32/h10-13,17-18H,3-9,14-16,27H2,1-2H3,(H,28,29)(H,30,31). The van der Waals surface area contributed by atoms with Gasteiger partial charge in [-0.05, 0) is 56.0 Å². The number of aromatic nitrogens is 2. The number of rotatable bonds is 8. The van der Waals surface area contributed by atoms with Crippen LogP contribution in [0.5, 0.6) is 5.75 Å². The van der Waals surface area contributed by atoms with Gasteiger partial charge in [-0.15, -0.1) is 0 Å². The summed E-state index contributed by atoms with van der Waals surface area (Å²) in [4.78, 5) is 7.31. The zero-order chi connectivity index (χ0) is 23.0. The highest BCUT2D eigenvalue weighted by Crippen LogP contribution is 2.29. The Labute approximate surface area is 196 Å². The predicted molar refractivity (Wildman–Crippen MR) is 137 cm³/mol. The molecule has 33 heavy (non-hydrogen) atoms. The lowest BCUT2D eigenvalue weighted by Crippen LogP contribution is -2.31. The highest BCUT2D eigenvalue weighted by Gasteiger charge is 2.16. The Balaban J connectivity index is 1.66. The van der Waals surface area contributed by atoms with Gasteiger partial charge >= 0.3 is 0 Å². The first-order valence-corrected chi connectivity index (χ1v) is 12.3. The molecule has 1 aromatic heterocycles. The van der Waals surface area contributed by atoms with E-state index in [1.807, 2.05) is 6.07 Å². The zero-order valence-electron chi connectivity index (χ0n) is 19.9. The molecule has 0 aliphatic carbocycles. The van der Waals surface area contributed by atoms with E-state index in [9.17, 15) is 0 Å². The van der Waals surface area contributed by atoms with E-state index in [0.717, 1.165) is 65.9 Å². The number of unbranched alkanes of at least 4 members (excludes halogenated alkanes) is 1. The topological polar surface area (TPSA) is 91.6 Å². The maximum atomic E-state index is 6.12. The summed E-state index contributed by atoms with van der Waals surface area (Å²) in [6.07, 6.45) is 8.10. The third kappa shape index (κ3) is 5.47. The van der Waals surface area contributed by atoms with Crippen LogP contribution in [0.15, 0.2) is 41.4 Å². The van der Waals surface area contributed by atoms with Crippen LogP contribution >= 0.6 is 0 Å². The molecule has 7 heteroatoms. The molecule has 1 fully saturated rings. The summed E-state index contributed by atoms with van der Waals surface area (Å²) in [5, 5.41) is 8.64. The van der Waals surface area contributed by atoms with Crippen molar-refractivity contribution in [1.82, 2.24) is 15.6 Å². The molecule has 3 aromatic rings. The summed E-state index contributed by atoms with van der Waals surface area (Å²) in [6, 6.07) is 12.5. The van der Waals surface area contributed by atoms with Crippen molar-refractivity contribution in [3.05, 3.63) is 47.7 Å². The van der Waals surface area contributed by atoms with E-state index in [1.54, 1.807) is 0 Å². The highest BCUT2D eigenvalue weighted by atomic mass is 16.5. The number of aliphatic imine (C=N–C) groups is 1. The summed E-state index contributed by atoms with van der Waals surface area (Å²) in [5.41, 5.74) is 7.73. The number of fused-ring (bicyclic) bond motifs is 1. The van der Waals surface area contributed by atoms with E-state index in [1.165, 1.54) is 31.4 Å². The number of benzene rings is 2. The number of nitrogens with one attached hydrogen (secondary N) is 2. The Morgan fingerprint density at radius 1 is 1.12 bits per heavy atom. The fourth-order valence-corrected chi connectivity index (χ4v) is 4.36. The number of amidine groups is 1. The van der Waals surface area contributed by atoms with E-state index in [0.29, 0.717) is 12.4 Å². The molecule has 7 nitrogen and oxygen atoms in total. The molecule has 0 unspecified atom stereocenters.